The van der Waals surface area contributed by atoms with Gasteiger partial charge in [-0.1, -0.05) is 25.5 Å². The first kappa shape index (κ1) is 15.2. The molecule has 1 unspecified atom stereocenters. The van der Waals surface area contributed by atoms with Gasteiger partial charge in [0.2, 0.25) is 0 Å². The Hall–Kier alpha value is -0.830. The molecule has 0 aromatic carbocycles. The lowest BCUT2D eigenvalue weighted by molar-refractivity contribution is -0.147. The molecule has 1 rings (SSSR count). The van der Waals surface area contributed by atoms with Crippen LogP contribution in [0.3, 0.4) is 0 Å². The van der Waals surface area contributed by atoms with Gasteiger partial charge in [0.25, 0.3) is 0 Å². The van der Waals surface area contributed by atoms with Crippen LogP contribution in [0.25, 0.3) is 0 Å². The molecule has 1 aliphatic rings. The maximum Gasteiger partial charge on any atom is 0.309 e. The Bertz CT molecular complexity index is 349. The normalized spacial score (nSPS) is 34.2. The molecule has 1 aliphatic carbocycles. The van der Waals surface area contributed by atoms with Gasteiger partial charge in [0.05, 0.1) is 18.6 Å². The monoisotopic (exact) mass is 254 g/mol. The largest absolute Gasteiger partial charge is 0.469 e. The Labute approximate surface area is 110 Å². The maximum absolute atomic E-state index is 11.9. The molecule has 0 amide bonds. The summed E-state index contributed by atoms with van der Waals surface area (Å²) < 4.78 is 4.89. The van der Waals surface area contributed by atoms with Gasteiger partial charge in [-0.3, -0.25) is 4.79 Å². The highest BCUT2D eigenvalue weighted by Gasteiger charge is 2.57. The first-order chi connectivity index (χ1) is 8.13. The van der Waals surface area contributed by atoms with Crippen LogP contribution < -0.4 is 0 Å². The number of aliphatic hydroxyl groups is 1. The number of allylic oxidation sites excluding steroid dienone is 2. The SMILES string of the molecule is COC(=O)[C@H]1C[C@@](C)(O)C(C)(C)C1CC=C(C)C. The fourth-order valence-electron chi connectivity index (χ4n) is 2.96. The molecule has 0 saturated heterocycles. The number of methoxy groups -OCH3 is 1. The molecule has 1 fully saturated rings. The number of carbonyl (C=O) groups is 1. The van der Waals surface area contributed by atoms with Gasteiger partial charge < -0.3 is 9.84 Å². The zero-order valence-electron chi connectivity index (χ0n) is 12.4. The van der Waals surface area contributed by atoms with Crippen molar-refractivity contribution in [2.75, 3.05) is 7.11 Å². The highest BCUT2D eigenvalue weighted by molar-refractivity contribution is 5.73. The van der Waals surface area contributed by atoms with E-state index in [0.29, 0.717) is 6.42 Å². The molecule has 0 aliphatic heterocycles. The smallest absolute Gasteiger partial charge is 0.309 e. The Balaban J connectivity index is 3.04. The summed E-state index contributed by atoms with van der Waals surface area (Å²) in [4.78, 5) is 11.9. The Kier molecular flexibility index (Phi) is 4.26. The molecule has 3 atom stereocenters. The molecular formula is C15H26O3. The van der Waals surface area contributed by atoms with Gasteiger partial charge >= 0.3 is 5.97 Å². The van der Waals surface area contributed by atoms with E-state index >= 15 is 0 Å². The predicted octanol–water partition coefficient (Wildman–Crippen LogP) is 2.93. The van der Waals surface area contributed by atoms with Gasteiger partial charge in [-0.2, -0.15) is 0 Å². The van der Waals surface area contributed by atoms with Crippen LogP contribution >= 0.6 is 0 Å². The third-order valence-electron chi connectivity index (χ3n) is 4.70. The summed E-state index contributed by atoms with van der Waals surface area (Å²) >= 11 is 0. The molecule has 3 heteroatoms. The molecule has 1 N–H and O–H groups in total. The van der Waals surface area contributed by atoms with Crippen LogP contribution in [-0.4, -0.2) is 23.8 Å². The minimum Gasteiger partial charge on any atom is -0.469 e. The van der Waals surface area contributed by atoms with Crippen molar-refractivity contribution in [3.63, 3.8) is 0 Å². The average molecular weight is 254 g/mol. The fraction of sp³-hybridized carbons (Fsp3) is 0.800. The summed E-state index contributed by atoms with van der Waals surface area (Å²) in [7, 11) is 1.42. The molecular weight excluding hydrogens is 228 g/mol. The minimum atomic E-state index is -0.827. The molecule has 0 heterocycles. The van der Waals surface area contributed by atoms with Crippen molar-refractivity contribution >= 4 is 5.97 Å². The van der Waals surface area contributed by atoms with E-state index in [2.05, 4.69) is 6.08 Å². The maximum atomic E-state index is 11.9. The van der Waals surface area contributed by atoms with Crippen molar-refractivity contribution in [3.05, 3.63) is 11.6 Å². The van der Waals surface area contributed by atoms with Gasteiger partial charge in [0.1, 0.15) is 0 Å². The Morgan fingerprint density at radius 2 is 1.94 bits per heavy atom. The lowest BCUT2D eigenvalue weighted by Gasteiger charge is -2.37. The quantitative estimate of drug-likeness (QED) is 0.622. The van der Waals surface area contributed by atoms with E-state index < -0.39 is 5.60 Å². The van der Waals surface area contributed by atoms with Crippen LogP contribution in [0.2, 0.25) is 0 Å². The molecule has 1 saturated carbocycles. The summed E-state index contributed by atoms with van der Waals surface area (Å²) in [6, 6.07) is 0. The molecule has 0 spiro atoms. The van der Waals surface area contributed by atoms with E-state index in [0.717, 1.165) is 6.42 Å². The molecule has 0 radical (unpaired) electrons. The lowest BCUT2D eigenvalue weighted by Crippen LogP contribution is -2.40. The third-order valence-corrected chi connectivity index (χ3v) is 4.70. The second-order valence-corrected chi connectivity index (χ2v) is 6.45. The van der Waals surface area contributed by atoms with E-state index in [1.165, 1.54) is 12.7 Å². The zero-order valence-corrected chi connectivity index (χ0v) is 12.4. The Morgan fingerprint density at radius 1 is 1.39 bits per heavy atom. The minimum absolute atomic E-state index is 0.120. The van der Waals surface area contributed by atoms with Crippen LogP contribution in [0, 0.1) is 17.3 Å². The number of ether oxygens (including phenoxy) is 1. The van der Waals surface area contributed by atoms with Gasteiger partial charge in [0.15, 0.2) is 0 Å². The van der Waals surface area contributed by atoms with Crippen LogP contribution in [0.5, 0.6) is 0 Å². The number of esters is 1. The highest BCUT2D eigenvalue weighted by atomic mass is 16.5. The second kappa shape index (κ2) is 5.04. The molecule has 0 aromatic rings. The fourth-order valence-corrected chi connectivity index (χ4v) is 2.96. The van der Waals surface area contributed by atoms with E-state index in [1.807, 2.05) is 34.6 Å². The first-order valence-electron chi connectivity index (χ1n) is 6.57. The van der Waals surface area contributed by atoms with Crippen LogP contribution in [-0.2, 0) is 9.53 Å². The molecule has 0 bridgehead atoms. The van der Waals surface area contributed by atoms with Crippen molar-refractivity contribution < 1.29 is 14.6 Å². The standard InChI is InChI=1S/C15H26O3/c1-10(2)7-8-12-11(13(16)18-6)9-15(5,17)14(12,3)4/h7,11-12,17H,8-9H2,1-6H3/t11-,12?,15+/m0/s1. The lowest BCUT2D eigenvalue weighted by atomic mass is 9.71. The van der Waals surface area contributed by atoms with Crippen LogP contribution in [0.15, 0.2) is 11.6 Å². The van der Waals surface area contributed by atoms with Gasteiger partial charge in [-0.15, -0.1) is 0 Å². The van der Waals surface area contributed by atoms with Crippen molar-refractivity contribution in [2.24, 2.45) is 17.3 Å². The molecule has 0 aromatic heterocycles. The Morgan fingerprint density at radius 3 is 2.39 bits per heavy atom. The second-order valence-electron chi connectivity index (χ2n) is 6.45. The summed E-state index contributed by atoms with van der Waals surface area (Å²) in [5.74, 6) is -0.293. The van der Waals surface area contributed by atoms with E-state index in [4.69, 9.17) is 4.74 Å². The highest BCUT2D eigenvalue weighted by Crippen LogP contribution is 2.54. The van der Waals surface area contributed by atoms with Crippen molar-refractivity contribution in [2.45, 2.75) is 53.1 Å². The van der Waals surface area contributed by atoms with E-state index in [-0.39, 0.29) is 23.2 Å². The summed E-state index contributed by atoms with van der Waals surface area (Å²) in [6.07, 6.45) is 3.43. The topological polar surface area (TPSA) is 46.5 Å². The van der Waals surface area contributed by atoms with Crippen molar-refractivity contribution in [3.8, 4) is 0 Å². The number of hydrogen-bond donors (Lipinski definition) is 1. The zero-order chi connectivity index (χ0) is 14.1. The number of carbonyl (C=O) groups excluding carboxylic acids is 1. The summed E-state index contributed by atoms with van der Waals surface area (Å²) in [5.41, 5.74) is 0.116. The van der Waals surface area contributed by atoms with Crippen LogP contribution in [0.4, 0.5) is 0 Å². The summed E-state index contributed by atoms with van der Waals surface area (Å²) in [5, 5.41) is 10.5. The third kappa shape index (κ3) is 2.61. The molecule has 3 nitrogen and oxygen atoms in total. The first-order valence-corrected chi connectivity index (χ1v) is 6.57. The van der Waals surface area contributed by atoms with Gasteiger partial charge in [-0.25, -0.2) is 0 Å². The van der Waals surface area contributed by atoms with Gasteiger partial charge in [-0.05, 0) is 44.9 Å². The van der Waals surface area contributed by atoms with Crippen molar-refractivity contribution in [1.82, 2.24) is 0 Å². The van der Waals surface area contributed by atoms with Crippen molar-refractivity contribution in [1.29, 1.82) is 0 Å². The number of rotatable bonds is 3. The predicted molar refractivity (Wildman–Crippen MR) is 72.1 cm³/mol. The van der Waals surface area contributed by atoms with E-state index in [1.54, 1.807) is 0 Å². The van der Waals surface area contributed by atoms with Crippen LogP contribution in [0.1, 0.15) is 47.5 Å². The molecule has 104 valence electrons. The number of hydrogen-bond acceptors (Lipinski definition) is 3. The average Bonchev–Trinajstić information content (AvgIpc) is 2.42. The van der Waals surface area contributed by atoms with E-state index in [9.17, 15) is 9.90 Å². The van der Waals surface area contributed by atoms with Gasteiger partial charge in [0, 0.05) is 0 Å². The molecule has 18 heavy (non-hydrogen) atoms. The summed E-state index contributed by atoms with van der Waals surface area (Å²) in [6.45, 7) is 10.0.